The Kier molecular flexibility index (Phi) is 5.11. The maximum atomic E-state index is 6.48. The van der Waals surface area contributed by atoms with Crippen LogP contribution in [0.4, 0.5) is 0 Å². The summed E-state index contributed by atoms with van der Waals surface area (Å²) < 4.78 is 11.8. The summed E-state index contributed by atoms with van der Waals surface area (Å²) >= 11 is 6.48. The van der Waals surface area contributed by atoms with Crippen molar-refractivity contribution in [1.29, 1.82) is 0 Å². The molecule has 22 heavy (non-hydrogen) atoms. The average molecular weight is 325 g/mol. The fraction of sp³-hybridized carbons (Fsp3) is 0.647. The van der Waals surface area contributed by atoms with Gasteiger partial charge in [-0.15, -0.1) is 0 Å². The second kappa shape index (κ2) is 7.07. The van der Waals surface area contributed by atoms with Crippen LogP contribution in [0.5, 0.6) is 11.5 Å². The summed E-state index contributed by atoms with van der Waals surface area (Å²) in [5.74, 6) is 1.97. The highest BCUT2D eigenvalue weighted by atomic mass is 35.5. The number of rotatable bonds is 3. The van der Waals surface area contributed by atoms with Crippen molar-refractivity contribution in [3.05, 3.63) is 22.2 Å². The fourth-order valence-corrected chi connectivity index (χ4v) is 3.50. The Balaban J connectivity index is 1.97. The largest absolute Gasteiger partial charge is 0.489 e. The van der Waals surface area contributed by atoms with Gasteiger partial charge in [0.2, 0.25) is 0 Å². The predicted octanol–water partition coefficient (Wildman–Crippen LogP) is 3.03. The quantitative estimate of drug-likeness (QED) is 0.926. The molecule has 0 spiro atoms. The molecule has 4 nitrogen and oxygen atoms in total. The Morgan fingerprint density at radius 1 is 1.18 bits per heavy atom. The van der Waals surface area contributed by atoms with E-state index >= 15 is 0 Å². The first-order valence-electron chi connectivity index (χ1n) is 8.20. The summed E-state index contributed by atoms with van der Waals surface area (Å²) in [5, 5.41) is 4.07. The third-order valence-electron chi connectivity index (χ3n) is 4.28. The van der Waals surface area contributed by atoms with Crippen molar-refractivity contribution in [2.75, 3.05) is 39.4 Å². The van der Waals surface area contributed by atoms with Gasteiger partial charge in [0.15, 0.2) is 11.5 Å². The normalized spacial score (nSPS) is 19.3. The van der Waals surface area contributed by atoms with Gasteiger partial charge in [-0.05, 0) is 17.5 Å². The van der Waals surface area contributed by atoms with E-state index in [1.165, 1.54) is 11.1 Å². The number of hydrogen-bond donors (Lipinski definition) is 1. The molecular weight excluding hydrogens is 300 g/mol. The number of halogens is 1. The molecule has 0 aromatic heterocycles. The van der Waals surface area contributed by atoms with Crippen molar-refractivity contribution in [2.24, 2.45) is 0 Å². The molecule has 1 aromatic carbocycles. The molecule has 0 saturated carbocycles. The van der Waals surface area contributed by atoms with Crippen molar-refractivity contribution in [1.82, 2.24) is 10.2 Å². The molecule has 1 aromatic rings. The fourth-order valence-electron chi connectivity index (χ4n) is 3.23. The molecule has 0 aliphatic carbocycles. The Hall–Kier alpha value is -0.970. The zero-order chi connectivity index (χ0) is 15.5. The summed E-state index contributed by atoms with van der Waals surface area (Å²) in [5.41, 5.74) is 2.52. The lowest BCUT2D eigenvalue weighted by molar-refractivity contribution is 0.231. The van der Waals surface area contributed by atoms with E-state index in [2.05, 4.69) is 30.1 Å². The van der Waals surface area contributed by atoms with Gasteiger partial charge in [-0.1, -0.05) is 25.4 Å². The number of benzene rings is 1. The first-order valence-corrected chi connectivity index (χ1v) is 8.58. The van der Waals surface area contributed by atoms with Crippen molar-refractivity contribution in [3.8, 4) is 11.5 Å². The van der Waals surface area contributed by atoms with Crippen LogP contribution in [0.2, 0.25) is 5.02 Å². The molecule has 0 bridgehead atoms. The van der Waals surface area contributed by atoms with Crippen LogP contribution in [-0.2, 0) is 6.54 Å². The molecular formula is C17H25ClN2O2. The summed E-state index contributed by atoms with van der Waals surface area (Å²) in [6.45, 7) is 10.9. The second-order valence-corrected chi connectivity index (χ2v) is 6.73. The van der Waals surface area contributed by atoms with Crippen molar-refractivity contribution in [3.63, 3.8) is 0 Å². The molecule has 1 N–H and O–H groups in total. The standard InChI is InChI=1S/C17H25ClN2O2/c1-12(2)15-13(11-20-6-4-19-5-7-20)10-14(18)16-17(15)22-9-3-8-21-16/h10,12,19H,3-9,11H2,1-2H3. The molecule has 2 heterocycles. The van der Waals surface area contributed by atoms with Gasteiger partial charge in [-0.3, -0.25) is 4.90 Å². The van der Waals surface area contributed by atoms with E-state index < -0.39 is 0 Å². The molecule has 122 valence electrons. The maximum absolute atomic E-state index is 6.48. The number of ether oxygens (including phenoxy) is 2. The van der Waals surface area contributed by atoms with Crippen LogP contribution < -0.4 is 14.8 Å². The Morgan fingerprint density at radius 2 is 1.86 bits per heavy atom. The van der Waals surface area contributed by atoms with E-state index in [1.807, 2.05) is 0 Å². The topological polar surface area (TPSA) is 33.7 Å². The molecule has 0 amide bonds. The lowest BCUT2D eigenvalue weighted by atomic mass is 9.94. The van der Waals surface area contributed by atoms with Crippen molar-refractivity contribution < 1.29 is 9.47 Å². The Morgan fingerprint density at radius 3 is 2.55 bits per heavy atom. The van der Waals surface area contributed by atoms with Crippen molar-refractivity contribution in [2.45, 2.75) is 32.7 Å². The van der Waals surface area contributed by atoms with Gasteiger partial charge < -0.3 is 14.8 Å². The number of nitrogens with one attached hydrogen (secondary N) is 1. The smallest absolute Gasteiger partial charge is 0.180 e. The van der Waals surface area contributed by atoms with Gasteiger partial charge in [-0.25, -0.2) is 0 Å². The summed E-state index contributed by atoms with van der Waals surface area (Å²) in [7, 11) is 0. The van der Waals surface area contributed by atoms with E-state index in [-0.39, 0.29) is 0 Å². The van der Waals surface area contributed by atoms with Gasteiger partial charge in [-0.2, -0.15) is 0 Å². The first-order chi connectivity index (χ1) is 10.7. The third kappa shape index (κ3) is 3.34. The van der Waals surface area contributed by atoms with Crippen LogP contribution in [-0.4, -0.2) is 44.3 Å². The highest BCUT2D eigenvalue weighted by Crippen LogP contribution is 2.44. The zero-order valence-electron chi connectivity index (χ0n) is 13.5. The highest BCUT2D eigenvalue weighted by molar-refractivity contribution is 6.32. The minimum atomic E-state index is 0.380. The average Bonchev–Trinajstić information content (AvgIpc) is 2.74. The molecule has 2 aliphatic rings. The molecule has 0 atom stereocenters. The number of fused-ring (bicyclic) bond motifs is 1. The molecule has 0 radical (unpaired) electrons. The first kappa shape index (κ1) is 15.9. The van der Waals surface area contributed by atoms with E-state index in [0.717, 1.165) is 50.6 Å². The van der Waals surface area contributed by atoms with E-state index in [0.29, 0.717) is 24.2 Å². The number of nitrogens with zero attached hydrogens (tertiary/aromatic N) is 1. The number of piperazine rings is 1. The molecule has 3 rings (SSSR count). The van der Waals surface area contributed by atoms with Crippen LogP contribution in [0.3, 0.4) is 0 Å². The van der Waals surface area contributed by atoms with Gasteiger partial charge in [0.25, 0.3) is 0 Å². The SMILES string of the molecule is CC(C)c1c(CN2CCNCC2)cc(Cl)c2c1OCCCO2. The summed E-state index contributed by atoms with van der Waals surface area (Å²) in [6.07, 6.45) is 0.898. The zero-order valence-corrected chi connectivity index (χ0v) is 14.2. The van der Waals surface area contributed by atoms with Gasteiger partial charge >= 0.3 is 0 Å². The monoisotopic (exact) mass is 324 g/mol. The van der Waals surface area contributed by atoms with E-state index in [9.17, 15) is 0 Å². The second-order valence-electron chi connectivity index (χ2n) is 6.32. The van der Waals surface area contributed by atoms with Crippen LogP contribution >= 0.6 is 11.6 Å². The van der Waals surface area contributed by atoms with Gasteiger partial charge in [0.05, 0.1) is 18.2 Å². The maximum Gasteiger partial charge on any atom is 0.180 e. The predicted molar refractivity (Wildman–Crippen MR) is 89.3 cm³/mol. The van der Waals surface area contributed by atoms with Gasteiger partial charge in [0.1, 0.15) is 0 Å². The lowest BCUT2D eigenvalue weighted by Crippen LogP contribution is -2.43. The lowest BCUT2D eigenvalue weighted by Gasteiger charge is -2.29. The van der Waals surface area contributed by atoms with Crippen LogP contribution in [0.1, 0.15) is 37.3 Å². The molecule has 2 aliphatic heterocycles. The summed E-state index contributed by atoms with van der Waals surface area (Å²) in [4.78, 5) is 2.47. The van der Waals surface area contributed by atoms with Crippen molar-refractivity contribution >= 4 is 11.6 Å². The van der Waals surface area contributed by atoms with E-state index in [1.54, 1.807) is 0 Å². The molecule has 1 fully saturated rings. The minimum Gasteiger partial charge on any atom is -0.489 e. The summed E-state index contributed by atoms with van der Waals surface area (Å²) in [6, 6.07) is 2.08. The van der Waals surface area contributed by atoms with Gasteiger partial charge in [0, 0.05) is 44.7 Å². The Bertz CT molecular complexity index is 528. The van der Waals surface area contributed by atoms with E-state index in [4.69, 9.17) is 21.1 Å². The number of hydrogen-bond acceptors (Lipinski definition) is 4. The molecule has 0 unspecified atom stereocenters. The van der Waals surface area contributed by atoms with Crippen LogP contribution in [0.15, 0.2) is 6.07 Å². The Labute approximate surface area is 137 Å². The highest BCUT2D eigenvalue weighted by Gasteiger charge is 2.25. The minimum absolute atomic E-state index is 0.380. The molecule has 1 saturated heterocycles. The van der Waals surface area contributed by atoms with Crippen LogP contribution in [0.25, 0.3) is 0 Å². The van der Waals surface area contributed by atoms with Crippen LogP contribution in [0, 0.1) is 0 Å². The molecule has 5 heteroatoms. The third-order valence-corrected chi connectivity index (χ3v) is 4.56.